The molecule has 0 saturated heterocycles. The maximum absolute atomic E-state index is 11.9. The number of benzene rings is 1. The van der Waals surface area contributed by atoms with Crippen LogP contribution in [0.15, 0.2) is 24.3 Å². The monoisotopic (exact) mass is 303 g/mol. The Bertz CT molecular complexity index is 560. The van der Waals surface area contributed by atoms with Crippen LogP contribution in [0.4, 0.5) is 11.4 Å². The van der Waals surface area contributed by atoms with E-state index >= 15 is 0 Å². The van der Waals surface area contributed by atoms with Gasteiger partial charge in [-0.3, -0.25) is 4.79 Å². The van der Waals surface area contributed by atoms with Crippen molar-refractivity contribution in [3.8, 4) is 0 Å². The van der Waals surface area contributed by atoms with Crippen LogP contribution in [0.3, 0.4) is 0 Å². The lowest BCUT2D eigenvalue weighted by molar-refractivity contribution is -0.115. The van der Waals surface area contributed by atoms with Crippen LogP contribution < -0.4 is 15.5 Å². The molecule has 0 unspecified atom stereocenters. The number of hydrogen-bond acceptors (Lipinski definition) is 2. The molecule has 0 spiro atoms. The molecular weight excluding hydrogens is 282 g/mol. The van der Waals surface area contributed by atoms with E-state index in [0.29, 0.717) is 17.1 Å². The Balaban J connectivity index is 1.77. The normalized spacial score (nSPS) is 25.0. The molecule has 112 valence electrons. The lowest BCUT2D eigenvalue weighted by Gasteiger charge is -2.36. The number of anilines is 2. The molecule has 1 saturated carbocycles. The summed E-state index contributed by atoms with van der Waals surface area (Å²) in [7, 11) is 0. The van der Waals surface area contributed by atoms with Gasteiger partial charge in [0.25, 0.3) is 0 Å². The maximum Gasteiger partial charge on any atom is 0.244 e. The molecule has 5 heteroatoms. The molecule has 2 aliphatic rings. The minimum Gasteiger partial charge on any atom is -0.359 e. The minimum absolute atomic E-state index is 0.0189. The summed E-state index contributed by atoms with van der Waals surface area (Å²) >= 11 is 5.57. The van der Waals surface area contributed by atoms with E-state index in [1.165, 1.54) is 19.3 Å². The van der Waals surface area contributed by atoms with Crippen molar-refractivity contribution >= 4 is 34.6 Å². The van der Waals surface area contributed by atoms with E-state index in [1.54, 1.807) is 0 Å². The summed E-state index contributed by atoms with van der Waals surface area (Å²) in [6.07, 6.45) is 4.96. The number of nitrogens with zero attached hydrogens (tertiary/aromatic N) is 1. The van der Waals surface area contributed by atoms with Gasteiger partial charge in [-0.05, 0) is 43.1 Å². The molecule has 3 rings (SSSR count). The molecular formula is C16H21N3OS. The third-order valence-corrected chi connectivity index (χ3v) is 4.77. The van der Waals surface area contributed by atoms with Crippen LogP contribution in [0.1, 0.15) is 32.6 Å². The number of para-hydroxylation sites is 2. The summed E-state index contributed by atoms with van der Waals surface area (Å²) < 4.78 is 0. The van der Waals surface area contributed by atoms with Gasteiger partial charge in [-0.15, -0.1) is 0 Å². The summed E-state index contributed by atoms with van der Waals surface area (Å²) in [5, 5.41) is 7.03. The van der Waals surface area contributed by atoms with Crippen LogP contribution in [0.2, 0.25) is 0 Å². The third kappa shape index (κ3) is 3.02. The van der Waals surface area contributed by atoms with E-state index in [-0.39, 0.29) is 12.5 Å². The molecule has 4 nitrogen and oxygen atoms in total. The Morgan fingerprint density at radius 2 is 2.10 bits per heavy atom. The number of rotatable bonds is 1. The number of fused-ring (bicyclic) bond motifs is 1. The van der Waals surface area contributed by atoms with E-state index in [0.717, 1.165) is 17.8 Å². The maximum atomic E-state index is 11.9. The van der Waals surface area contributed by atoms with Crippen molar-refractivity contribution in [2.24, 2.45) is 5.92 Å². The van der Waals surface area contributed by atoms with Crippen molar-refractivity contribution in [2.75, 3.05) is 16.8 Å². The molecule has 0 radical (unpaired) electrons. The van der Waals surface area contributed by atoms with Gasteiger partial charge in [0.15, 0.2) is 5.11 Å². The van der Waals surface area contributed by atoms with Gasteiger partial charge in [-0.25, -0.2) is 0 Å². The van der Waals surface area contributed by atoms with E-state index in [1.807, 2.05) is 29.2 Å². The average Bonchev–Trinajstić information content (AvgIpc) is 2.48. The molecule has 1 aromatic carbocycles. The molecule has 1 aliphatic heterocycles. The number of thiocarbonyl (C=S) groups is 1. The van der Waals surface area contributed by atoms with Gasteiger partial charge in [0.2, 0.25) is 5.91 Å². The van der Waals surface area contributed by atoms with Crippen molar-refractivity contribution in [1.29, 1.82) is 0 Å². The van der Waals surface area contributed by atoms with Gasteiger partial charge in [0, 0.05) is 6.04 Å². The molecule has 0 aromatic heterocycles. The first-order chi connectivity index (χ1) is 10.1. The van der Waals surface area contributed by atoms with Crippen LogP contribution in [-0.4, -0.2) is 23.6 Å². The average molecular weight is 303 g/mol. The number of carbonyl (C=O) groups excluding carboxylic acids is 1. The van der Waals surface area contributed by atoms with Crippen molar-refractivity contribution in [2.45, 2.75) is 38.6 Å². The molecule has 2 atom stereocenters. The predicted molar refractivity (Wildman–Crippen MR) is 89.6 cm³/mol. The fourth-order valence-electron chi connectivity index (χ4n) is 3.18. The summed E-state index contributed by atoms with van der Waals surface area (Å²) in [6.45, 7) is 2.56. The highest BCUT2D eigenvalue weighted by Gasteiger charge is 2.28. The van der Waals surface area contributed by atoms with E-state index in [2.05, 4.69) is 17.6 Å². The summed E-state index contributed by atoms with van der Waals surface area (Å²) in [4.78, 5) is 13.8. The Hall–Kier alpha value is -1.62. The number of carbonyl (C=O) groups is 1. The van der Waals surface area contributed by atoms with Crippen LogP contribution in [0.25, 0.3) is 0 Å². The van der Waals surface area contributed by atoms with Gasteiger partial charge in [0.05, 0.1) is 11.4 Å². The largest absolute Gasteiger partial charge is 0.359 e. The zero-order valence-electron chi connectivity index (χ0n) is 12.3. The fourth-order valence-corrected chi connectivity index (χ4v) is 3.50. The highest BCUT2D eigenvalue weighted by molar-refractivity contribution is 7.80. The second-order valence-corrected chi connectivity index (χ2v) is 6.36. The number of hydrogen-bond donors (Lipinski definition) is 2. The topological polar surface area (TPSA) is 44.4 Å². The van der Waals surface area contributed by atoms with Crippen molar-refractivity contribution < 1.29 is 4.79 Å². The Morgan fingerprint density at radius 3 is 2.90 bits per heavy atom. The van der Waals surface area contributed by atoms with Gasteiger partial charge >= 0.3 is 0 Å². The first-order valence-corrected chi connectivity index (χ1v) is 8.03. The molecule has 0 bridgehead atoms. The predicted octanol–water partition coefficient (Wildman–Crippen LogP) is 2.90. The number of amides is 1. The number of nitrogens with one attached hydrogen (secondary N) is 2. The lowest BCUT2D eigenvalue weighted by atomic mass is 9.86. The molecule has 1 aromatic rings. The molecule has 1 fully saturated rings. The zero-order valence-corrected chi connectivity index (χ0v) is 13.1. The second-order valence-electron chi connectivity index (χ2n) is 5.97. The van der Waals surface area contributed by atoms with Crippen molar-refractivity contribution in [3.05, 3.63) is 24.3 Å². The Kier molecular flexibility index (Phi) is 4.10. The minimum atomic E-state index is -0.0189. The van der Waals surface area contributed by atoms with Gasteiger partial charge < -0.3 is 15.5 Å². The smallest absolute Gasteiger partial charge is 0.244 e. The van der Waals surface area contributed by atoms with Gasteiger partial charge in [0.1, 0.15) is 6.54 Å². The summed E-state index contributed by atoms with van der Waals surface area (Å²) in [5.41, 5.74) is 1.80. The standard InChI is InChI=1S/C16H21N3OS/c1-11-6-2-3-7-12(11)18-16(21)19-10-15(20)17-13-8-4-5-9-14(13)19/h4-5,8-9,11-12H,2-3,6-7,10H2,1H3,(H,17,20)(H,18,21)/t11-,12+/m1/s1. The van der Waals surface area contributed by atoms with Gasteiger partial charge in [-0.2, -0.15) is 0 Å². The fraction of sp³-hybridized carbons (Fsp3) is 0.500. The van der Waals surface area contributed by atoms with E-state index < -0.39 is 0 Å². The van der Waals surface area contributed by atoms with Crippen LogP contribution in [0, 0.1) is 5.92 Å². The lowest BCUT2D eigenvalue weighted by Crippen LogP contribution is -2.51. The molecule has 1 heterocycles. The van der Waals surface area contributed by atoms with Crippen molar-refractivity contribution in [1.82, 2.24) is 5.32 Å². The highest BCUT2D eigenvalue weighted by atomic mass is 32.1. The SMILES string of the molecule is C[C@@H]1CCCC[C@@H]1NC(=S)N1CC(=O)Nc2ccccc21. The summed E-state index contributed by atoms with van der Waals surface area (Å²) in [6, 6.07) is 8.21. The zero-order chi connectivity index (χ0) is 14.8. The first-order valence-electron chi connectivity index (χ1n) is 7.62. The third-order valence-electron chi connectivity index (χ3n) is 4.44. The van der Waals surface area contributed by atoms with E-state index in [4.69, 9.17) is 12.2 Å². The Labute approximate surface area is 130 Å². The van der Waals surface area contributed by atoms with Gasteiger partial charge in [-0.1, -0.05) is 31.9 Å². The molecule has 21 heavy (non-hydrogen) atoms. The molecule has 2 N–H and O–H groups in total. The second kappa shape index (κ2) is 6.02. The Morgan fingerprint density at radius 1 is 1.33 bits per heavy atom. The van der Waals surface area contributed by atoms with Crippen LogP contribution in [0.5, 0.6) is 0 Å². The summed E-state index contributed by atoms with van der Waals surface area (Å²) in [5.74, 6) is 0.611. The first kappa shape index (κ1) is 14.3. The van der Waals surface area contributed by atoms with Crippen LogP contribution in [-0.2, 0) is 4.79 Å². The quantitative estimate of drug-likeness (QED) is 0.783. The van der Waals surface area contributed by atoms with E-state index in [9.17, 15) is 4.79 Å². The van der Waals surface area contributed by atoms with Crippen LogP contribution >= 0.6 is 12.2 Å². The van der Waals surface area contributed by atoms with Crippen molar-refractivity contribution in [3.63, 3.8) is 0 Å². The molecule has 1 amide bonds. The molecule has 1 aliphatic carbocycles. The highest BCUT2D eigenvalue weighted by Crippen LogP contribution is 2.30.